The number of carbonyl (C=O) groups excluding carboxylic acids is 1. The monoisotopic (exact) mass is 197 g/mol. The van der Waals surface area contributed by atoms with Crippen molar-refractivity contribution in [3.8, 4) is 0 Å². The topological polar surface area (TPSA) is 35.6 Å². The fraction of sp³-hybridized carbons (Fsp3) is 0.900. The third-order valence-corrected chi connectivity index (χ3v) is 3.31. The van der Waals surface area contributed by atoms with Gasteiger partial charge in [-0.2, -0.15) is 0 Å². The summed E-state index contributed by atoms with van der Waals surface area (Å²) in [6.07, 6.45) is 2.53. The lowest BCUT2D eigenvalue weighted by Gasteiger charge is -2.31. The minimum atomic E-state index is 0.0732. The van der Waals surface area contributed by atoms with Crippen molar-refractivity contribution in [3.63, 3.8) is 0 Å². The van der Waals surface area contributed by atoms with Crippen LogP contribution in [0.5, 0.6) is 0 Å². The maximum atomic E-state index is 10.8. The Hall–Kier alpha value is -0.610. The Balaban J connectivity index is 1.87. The van der Waals surface area contributed by atoms with E-state index in [-0.39, 0.29) is 5.91 Å². The van der Waals surface area contributed by atoms with Crippen molar-refractivity contribution < 1.29 is 4.79 Å². The van der Waals surface area contributed by atoms with Crippen LogP contribution in [0.25, 0.3) is 0 Å². The fourth-order valence-corrected chi connectivity index (χ4v) is 2.38. The SMILES string of the molecule is CC(=O)NCN1CCN2CCC1CC2. The number of amides is 1. The van der Waals surface area contributed by atoms with Gasteiger partial charge < -0.3 is 10.2 Å². The van der Waals surface area contributed by atoms with E-state index in [0.717, 1.165) is 19.8 Å². The highest BCUT2D eigenvalue weighted by atomic mass is 16.1. The van der Waals surface area contributed by atoms with Crippen LogP contribution in [0.1, 0.15) is 19.8 Å². The highest BCUT2D eigenvalue weighted by Crippen LogP contribution is 2.19. The molecule has 0 radical (unpaired) electrons. The zero-order valence-corrected chi connectivity index (χ0v) is 8.83. The molecule has 0 saturated carbocycles. The molecule has 0 aliphatic carbocycles. The molecule has 4 nitrogen and oxygen atoms in total. The predicted molar refractivity (Wildman–Crippen MR) is 54.9 cm³/mol. The fourth-order valence-electron chi connectivity index (χ4n) is 2.38. The first-order chi connectivity index (χ1) is 6.75. The Kier molecular flexibility index (Phi) is 3.03. The molecule has 0 spiro atoms. The van der Waals surface area contributed by atoms with Crippen molar-refractivity contribution in [1.29, 1.82) is 0 Å². The lowest BCUT2D eigenvalue weighted by atomic mass is 10.1. The highest BCUT2D eigenvalue weighted by molar-refractivity contribution is 5.72. The summed E-state index contributed by atoms with van der Waals surface area (Å²) < 4.78 is 0. The summed E-state index contributed by atoms with van der Waals surface area (Å²) in [6.45, 7) is 7.05. The van der Waals surface area contributed by atoms with Crippen molar-refractivity contribution in [3.05, 3.63) is 0 Å². The van der Waals surface area contributed by atoms with Crippen LogP contribution in [0.2, 0.25) is 0 Å². The van der Waals surface area contributed by atoms with Gasteiger partial charge in [0.1, 0.15) is 0 Å². The zero-order valence-electron chi connectivity index (χ0n) is 8.83. The number of nitrogens with zero attached hydrogens (tertiary/aromatic N) is 2. The smallest absolute Gasteiger partial charge is 0.217 e. The van der Waals surface area contributed by atoms with E-state index in [0.29, 0.717) is 6.04 Å². The van der Waals surface area contributed by atoms with E-state index >= 15 is 0 Å². The van der Waals surface area contributed by atoms with Crippen molar-refractivity contribution in [2.45, 2.75) is 25.8 Å². The van der Waals surface area contributed by atoms with Crippen LogP contribution in [0.15, 0.2) is 0 Å². The van der Waals surface area contributed by atoms with Crippen molar-refractivity contribution in [2.75, 3.05) is 32.8 Å². The molecule has 14 heavy (non-hydrogen) atoms. The third-order valence-electron chi connectivity index (χ3n) is 3.31. The number of hydrogen-bond acceptors (Lipinski definition) is 3. The molecule has 3 fully saturated rings. The summed E-state index contributed by atoms with van der Waals surface area (Å²) in [7, 11) is 0. The zero-order chi connectivity index (χ0) is 9.97. The van der Waals surface area contributed by atoms with Gasteiger partial charge in [0, 0.05) is 26.1 Å². The average molecular weight is 197 g/mol. The first-order valence-electron chi connectivity index (χ1n) is 5.46. The van der Waals surface area contributed by atoms with Gasteiger partial charge in [-0.1, -0.05) is 0 Å². The van der Waals surface area contributed by atoms with E-state index in [4.69, 9.17) is 0 Å². The number of fused-ring (bicyclic) bond motifs is 4. The number of rotatable bonds is 2. The van der Waals surface area contributed by atoms with Gasteiger partial charge in [0.2, 0.25) is 5.91 Å². The molecule has 3 heterocycles. The van der Waals surface area contributed by atoms with Gasteiger partial charge in [0.25, 0.3) is 0 Å². The van der Waals surface area contributed by atoms with Gasteiger partial charge in [0.05, 0.1) is 6.67 Å². The van der Waals surface area contributed by atoms with Gasteiger partial charge in [-0.15, -0.1) is 0 Å². The Labute approximate surface area is 85.2 Å². The lowest BCUT2D eigenvalue weighted by Crippen LogP contribution is -2.43. The maximum Gasteiger partial charge on any atom is 0.217 e. The van der Waals surface area contributed by atoms with Crippen LogP contribution >= 0.6 is 0 Å². The molecule has 0 unspecified atom stereocenters. The van der Waals surface area contributed by atoms with Gasteiger partial charge in [-0.25, -0.2) is 0 Å². The molecule has 3 rings (SSSR count). The summed E-state index contributed by atoms with van der Waals surface area (Å²) in [5.74, 6) is 0.0732. The van der Waals surface area contributed by atoms with E-state index in [1.165, 1.54) is 25.9 Å². The second-order valence-corrected chi connectivity index (χ2v) is 4.28. The second-order valence-electron chi connectivity index (χ2n) is 4.28. The summed E-state index contributed by atoms with van der Waals surface area (Å²) >= 11 is 0. The average Bonchev–Trinajstić information content (AvgIpc) is 2.47. The molecule has 0 aromatic carbocycles. The summed E-state index contributed by atoms with van der Waals surface area (Å²) in [4.78, 5) is 15.8. The first-order valence-corrected chi connectivity index (χ1v) is 5.46. The summed E-state index contributed by atoms with van der Waals surface area (Å²) in [5, 5.41) is 2.89. The van der Waals surface area contributed by atoms with E-state index in [9.17, 15) is 4.79 Å². The van der Waals surface area contributed by atoms with Crippen LogP contribution in [-0.2, 0) is 4.79 Å². The normalized spacial score (nSPS) is 32.6. The van der Waals surface area contributed by atoms with Crippen LogP contribution in [-0.4, -0.2) is 54.6 Å². The standard InChI is InChI=1S/C10H19N3O/c1-9(14)11-8-13-7-6-12-4-2-10(13)3-5-12/h10H,2-8H2,1H3,(H,11,14). The van der Waals surface area contributed by atoms with Crippen LogP contribution in [0.4, 0.5) is 0 Å². The Morgan fingerprint density at radius 2 is 2.00 bits per heavy atom. The van der Waals surface area contributed by atoms with Crippen molar-refractivity contribution >= 4 is 5.91 Å². The first kappa shape index (κ1) is 9.93. The summed E-state index contributed by atoms with van der Waals surface area (Å²) in [5.41, 5.74) is 0. The molecule has 3 aliphatic heterocycles. The molecule has 4 heteroatoms. The molecule has 1 amide bonds. The molecule has 1 N–H and O–H groups in total. The molecule has 3 aliphatic rings. The lowest BCUT2D eigenvalue weighted by molar-refractivity contribution is -0.119. The molecular formula is C10H19N3O. The maximum absolute atomic E-state index is 10.8. The molecule has 0 aromatic rings. The number of nitrogens with one attached hydrogen (secondary N) is 1. The molecule has 2 bridgehead atoms. The molecule has 0 aromatic heterocycles. The Bertz CT molecular complexity index is 211. The largest absolute Gasteiger partial charge is 0.344 e. The number of hydrogen-bond donors (Lipinski definition) is 1. The second kappa shape index (κ2) is 4.28. The van der Waals surface area contributed by atoms with Crippen LogP contribution in [0.3, 0.4) is 0 Å². The molecule has 0 atom stereocenters. The minimum Gasteiger partial charge on any atom is -0.344 e. The van der Waals surface area contributed by atoms with Gasteiger partial charge in [0.15, 0.2) is 0 Å². The molecular weight excluding hydrogens is 178 g/mol. The van der Waals surface area contributed by atoms with Crippen LogP contribution in [0, 0.1) is 0 Å². The predicted octanol–water partition coefficient (Wildman–Crippen LogP) is -0.140. The summed E-state index contributed by atoms with van der Waals surface area (Å²) in [6, 6.07) is 0.695. The molecule has 3 saturated heterocycles. The Morgan fingerprint density at radius 3 is 2.64 bits per heavy atom. The van der Waals surface area contributed by atoms with E-state index < -0.39 is 0 Å². The number of carbonyl (C=O) groups is 1. The van der Waals surface area contributed by atoms with Crippen molar-refractivity contribution in [1.82, 2.24) is 15.1 Å². The van der Waals surface area contributed by atoms with Gasteiger partial charge in [-0.05, 0) is 25.9 Å². The van der Waals surface area contributed by atoms with Gasteiger partial charge >= 0.3 is 0 Å². The highest BCUT2D eigenvalue weighted by Gasteiger charge is 2.28. The molecule has 80 valence electrons. The van der Waals surface area contributed by atoms with E-state index in [1.807, 2.05) is 0 Å². The van der Waals surface area contributed by atoms with E-state index in [2.05, 4.69) is 15.1 Å². The number of piperidine rings is 1. The van der Waals surface area contributed by atoms with Crippen LogP contribution < -0.4 is 5.32 Å². The quantitative estimate of drug-likeness (QED) is 0.669. The van der Waals surface area contributed by atoms with E-state index in [1.54, 1.807) is 6.92 Å². The van der Waals surface area contributed by atoms with Gasteiger partial charge in [-0.3, -0.25) is 9.69 Å². The third kappa shape index (κ3) is 2.25. The Morgan fingerprint density at radius 1 is 1.29 bits per heavy atom. The minimum absolute atomic E-state index is 0.0732. The van der Waals surface area contributed by atoms with Crippen molar-refractivity contribution in [2.24, 2.45) is 0 Å².